The maximum Gasteiger partial charge on any atom is 0.416 e. The highest BCUT2D eigenvalue weighted by Crippen LogP contribution is 2.39. The Hall–Kier alpha value is -2.77. The quantitative estimate of drug-likeness (QED) is 0.383. The molecule has 4 nitrogen and oxygen atoms in total. The van der Waals surface area contributed by atoms with Gasteiger partial charge in [-0.15, -0.1) is 0 Å². The van der Waals surface area contributed by atoms with Crippen molar-refractivity contribution in [2.75, 3.05) is 13.1 Å². The summed E-state index contributed by atoms with van der Waals surface area (Å²) >= 11 is 12.3. The zero-order valence-corrected chi connectivity index (χ0v) is 19.6. The first kappa shape index (κ1) is 24.4. The Balaban J connectivity index is 1.58. The smallest absolute Gasteiger partial charge is 0.416 e. The second-order valence-corrected chi connectivity index (χ2v) is 9.06. The topological polar surface area (TPSA) is 42.4 Å². The molecule has 1 aromatic heterocycles. The summed E-state index contributed by atoms with van der Waals surface area (Å²) in [4.78, 5) is 18.9. The van der Waals surface area contributed by atoms with Crippen LogP contribution in [-0.4, -0.2) is 35.0 Å². The maximum absolute atomic E-state index is 13.1. The lowest BCUT2D eigenvalue weighted by Crippen LogP contribution is -2.32. The largest absolute Gasteiger partial charge is 0.490 e. The normalized spacial score (nSPS) is 19.2. The third kappa shape index (κ3) is 5.31. The average molecular weight is 509 g/mol. The maximum atomic E-state index is 13.1. The lowest BCUT2D eigenvalue weighted by atomic mass is 9.85. The van der Waals surface area contributed by atoms with Crippen molar-refractivity contribution in [2.24, 2.45) is 5.92 Å². The monoisotopic (exact) mass is 508 g/mol. The predicted molar refractivity (Wildman–Crippen MR) is 124 cm³/mol. The number of benzene rings is 2. The number of alkyl halides is 3. The van der Waals surface area contributed by atoms with Crippen molar-refractivity contribution in [3.05, 3.63) is 93.7 Å². The number of amides is 1. The van der Waals surface area contributed by atoms with Gasteiger partial charge in [-0.25, -0.2) is 0 Å². The Morgan fingerprint density at radius 3 is 2.44 bits per heavy atom. The van der Waals surface area contributed by atoms with E-state index in [2.05, 4.69) is 4.98 Å². The van der Waals surface area contributed by atoms with Gasteiger partial charge in [0.2, 0.25) is 0 Å². The molecule has 0 saturated carbocycles. The number of carbonyl (C=O) groups excluding carboxylic acids is 1. The van der Waals surface area contributed by atoms with Gasteiger partial charge in [0.05, 0.1) is 21.2 Å². The van der Waals surface area contributed by atoms with Crippen LogP contribution in [0.25, 0.3) is 0 Å². The number of ether oxygens (including phenoxy) is 1. The van der Waals surface area contributed by atoms with Crippen LogP contribution in [0.5, 0.6) is 5.75 Å². The number of carbonyl (C=O) groups is 1. The van der Waals surface area contributed by atoms with Gasteiger partial charge in [0, 0.05) is 37.3 Å². The van der Waals surface area contributed by atoms with Crippen LogP contribution in [0, 0.1) is 5.92 Å². The second-order valence-electron chi connectivity index (χ2n) is 8.24. The van der Waals surface area contributed by atoms with E-state index in [1.54, 1.807) is 35.4 Å². The zero-order valence-electron chi connectivity index (χ0n) is 18.1. The van der Waals surface area contributed by atoms with E-state index in [-0.39, 0.29) is 17.7 Å². The molecule has 0 spiro atoms. The highest BCUT2D eigenvalue weighted by atomic mass is 35.5. The minimum atomic E-state index is -4.41. The summed E-state index contributed by atoms with van der Waals surface area (Å²) in [5.74, 6) is -0.0761. The van der Waals surface area contributed by atoms with E-state index in [1.165, 1.54) is 18.3 Å². The molecule has 3 aromatic rings. The van der Waals surface area contributed by atoms with Crippen molar-refractivity contribution < 1.29 is 22.7 Å². The van der Waals surface area contributed by atoms with E-state index in [9.17, 15) is 18.0 Å². The summed E-state index contributed by atoms with van der Waals surface area (Å²) in [6.45, 7) is 2.68. The van der Waals surface area contributed by atoms with Crippen molar-refractivity contribution in [3.8, 4) is 5.75 Å². The standard InChI is InChI=1S/C25H21Cl2F3N2O2/c1-15(34-19-7-5-18(6-8-19)25(28,29)30)20-13-32(24(33)17-3-2-10-31-12-17)14-21(20)16-4-9-22(26)23(27)11-16/h2-12,15,20-21H,13-14H2,1H3/t15-,20?,21+/m1/s1. The molecule has 0 N–H and O–H groups in total. The molecule has 1 unspecified atom stereocenters. The number of hydrogen-bond acceptors (Lipinski definition) is 3. The van der Waals surface area contributed by atoms with E-state index < -0.39 is 17.8 Å². The van der Waals surface area contributed by atoms with Gasteiger partial charge in [0.1, 0.15) is 11.9 Å². The van der Waals surface area contributed by atoms with Crippen molar-refractivity contribution in [1.29, 1.82) is 0 Å². The molecule has 1 aliphatic rings. The van der Waals surface area contributed by atoms with Gasteiger partial charge in [0.25, 0.3) is 5.91 Å². The Morgan fingerprint density at radius 1 is 1.09 bits per heavy atom. The van der Waals surface area contributed by atoms with E-state index in [0.717, 1.165) is 17.7 Å². The Labute approximate surface area is 205 Å². The van der Waals surface area contributed by atoms with Crippen molar-refractivity contribution >= 4 is 29.1 Å². The fraction of sp³-hybridized carbons (Fsp3) is 0.280. The number of likely N-dealkylation sites (tertiary alicyclic amines) is 1. The van der Waals surface area contributed by atoms with Crippen LogP contribution in [-0.2, 0) is 6.18 Å². The van der Waals surface area contributed by atoms with E-state index in [1.807, 2.05) is 13.0 Å². The number of rotatable bonds is 5. The van der Waals surface area contributed by atoms with Crippen molar-refractivity contribution in [3.63, 3.8) is 0 Å². The first-order valence-electron chi connectivity index (χ1n) is 10.6. The molecule has 2 aromatic carbocycles. The fourth-order valence-corrected chi connectivity index (χ4v) is 4.57. The predicted octanol–water partition coefficient (Wildman–Crippen LogP) is 6.73. The van der Waals surface area contributed by atoms with Gasteiger partial charge in [0.15, 0.2) is 0 Å². The molecule has 1 fully saturated rings. The molecule has 0 radical (unpaired) electrons. The Bertz CT molecular complexity index is 1160. The van der Waals surface area contributed by atoms with Gasteiger partial charge in [-0.05, 0) is 61.0 Å². The van der Waals surface area contributed by atoms with Crippen LogP contribution in [0.4, 0.5) is 13.2 Å². The molecule has 1 saturated heterocycles. The van der Waals surface area contributed by atoms with Gasteiger partial charge >= 0.3 is 6.18 Å². The summed E-state index contributed by atoms with van der Waals surface area (Å²) in [6.07, 6.45) is -1.70. The Morgan fingerprint density at radius 2 is 1.82 bits per heavy atom. The SMILES string of the molecule is C[C@@H](Oc1ccc(C(F)(F)F)cc1)C1CN(C(=O)c2cccnc2)C[C@H]1c1ccc(Cl)c(Cl)c1. The van der Waals surface area contributed by atoms with Crippen LogP contribution in [0.2, 0.25) is 10.0 Å². The minimum absolute atomic E-state index is 0.111. The summed E-state index contributed by atoms with van der Waals surface area (Å²) in [6, 6.07) is 13.4. The number of aromatic nitrogens is 1. The molecule has 1 aliphatic heterocycles. The average Bonchev–Trinajstić information content (AvgIpc) is 3.26. The molecular weight excluding hydrogens is 488 g/mol. The first-order chi connectivity index (χ1) is 16.1. The summed E-state index contributed by atoms with van der Waals surface area (Å²) < 4.78 is 44.7. The molecule has 4 rings (SSSR count). The van der Waals surface area contributed by atoms with Gasteiger partial charge in [-0.2, -0.15) is 13.2 Å². The molecule has 178 valence electrons. The van der Waals surface area contributed by atoms with Crippen LogP contribution in [0.15, 0.2) is 67.0 Å². The molecule has 0 aliphatic carbocycles. The molecule has 0 bridgehead atoms. The van der Waals surface area contributed by atoms with Gasteiger partial charge in [-0.1, -0.05) is 29.3 Å². The Kier molecular flexibility index (Phi) is 7.05. The number of halogens is 5. The molecule has 2 heterocycles. The molecule has 34 heavy (non-hydrogen) atoms. The molecule has 1 amide bonds. The van der Waals surface area contributed by atoms with E-state index >= 15 is 0 Å². The lowest BCUT2D eigenvalue weighted by Gasteiger charge is -2.26. The molecule has 9 heteroatoms. The number of hydrogen-bond donors (Lipinski definition) is 0. The van der Waals surface area contributed by atoms with Crippen molar-refractivity contribution in [1.82, 2.24) is 9.88 Å². The molecule has 3 atom stereocenters. The minimum Gasteiger partial charge on any atom is -0.490 e. The summed E-state index contributed by atoms with van der Waals surface area (Å²) in [5.41, 5.74) is 0.645. The number of nitrogens with zero attached hydrogens (tertiary/aromatic N) is 2. The summed E-state index contributed by atoms with van der Waals surface area (Å²) in [7, 11) is 0. The zero-order chi connectivity index (χ0) is 24.5. The highest BCUT2D eigenvalue weighted by molar-refractivity contribution is 6.42. The third-order valence-electron chi connectivity index (χ3n) is 6.04. The van der Waals surface area contributed by atoms with Crippen LogP contribution < -0.4 is 4.74 Å². The molecular formula is C25H21Cl2F3N2O2. The first-order valence-corrected chi connectivity index (χ1v) is 11.4. The second kappa shape index (κ2) is 9.84. The summed E-state index contributed by atoms with van der Waals surface area (Å²) in [5, 5.41) is 0.837. The van der Waals surface area contributed by atoms with Crippen LogP contribution >= 0.6 is 23.2 Å². The van der Waals surface area contributed by atoms with E-state index in [0.29, 0.717) is 34.4 Å². The van der Waals surface area contributed by atoms with E-state index in [4.69, 9.17) is 27.9 Å². The highest BCUT2D eigenvalue weighted by Gasteiger charge is 2.40. The van der Waals surface area contributed by atoms with Gasteiger partial charge < -0.3 is 9.64 Å². The third-order valence-corrected chi connectivity index (χ3v) is 6.78. The van der Waals surface area contributed by atoms with Gasteiger partial charge in [-0.3, -0.25) is 9.78 Å². The lowest BCUT2D eigenvalue weighted by molar-refractivity contribution is -0.137. The van der Waals surface area contributed by atoms with Crippen LogP contribution in [0.3, 0.4) is 0 Å². The van der Waals surface area contributed by atoms with Crippen molar-refractivity contribution in [2.45, 2.75) is 25.1 Å². The fourth-order valence-electron chi connectivity index (χ4n) is 4.26. The van der Waals surface area contributed by atoms with Crippen LogP contribution in [0.1, 0.15) is 34.3 Å². The number of pyridine rings is 1.